The minimum Gasteiger partial charge on any atom is -0.478 e. The predicted molar refractivity (Wildman–Crippen MR) is 86.5 cm³/mol. The third kappa shape index (κ3) is 3.68. The summed E-state index contributed by atoms with van der Waals surface area (Å²) in [6.07, 6.45) is -0.506. The Balaban J connectivity index is 2.29. The van der Waals surface area contributed by atoms with E-state index in [2.05, 4.69) is 15.9 Å². The first-order chi connectivity index (χ1) is 10.2. The van der Waals surface area contributed by atoms with E-state index in [0.29, 0.717) is 5.57 Å². The van der Waals surface area contributed by atoms with E-state index in [1.807, 2.05) is 24.3 Å². The molecule has 118 valence electrons. The van der Waals surface area contributed by atoms with Crippen molar-refractivity contribution in [1.82, 2.24) is 4.90 Å². The van der Waals surface area contributed by atoms with Gasteiger partial charge in [0.25, 0.3) is 0 Å². The lowest BCUT2D eigenvalue weighted by Gasteiger charge is -2.24. The maximum atomic E-state index is 12.2. The molecule has 1 aliphatic rings. The number of carboxylic acid groups (broad SMARTS) is 1. The number of carboxylic acids is 1. The Bertz CT molecular complexity index is 646. The molecule has 5 nitrogen and oxygen atoms in total. The third-order valence-corrected chi connectivity index (χ3v) is 3.86. The Kier molecular flexibility index (Phi) is 4.60. The number of hydrogen-bond donors (Lipinski definition) is 1. The zero-order chi connectivity index (χ0) is 16.5. The molecule has 0 saturated carbocycles. The van der Waals surface area contributed by atoms with Crippen molar-refractivity contribution in [3.63, 3.8) is 0 Å². The van der Waals surface area contributed by atoms with E-state index in [9.17, 15) is 14.7 Å². The number of carbonyl (C=O) groups excluding carboxylic acids is 1. The molecule has 0 unspecified atom stereocenters. The lowest BCUT2D eigenvalue weighted by atomic mass is 10.0. The van der Waals surface area contributed by atoms with Crippen molar-refractivity contribution in [1.29, 1.82) is 0 Å². The second-order valence-electron chi connectivity index (χ2n) is 6.08. The molecule has 6 heteroatoms. The van der Waals surface area contributed by atoms with Gasteiger partial charge in [-0.15, -0.1) is 0 Å². The van der Waals surface area contributed by atoms with Gasteiger partial charge in [0.15, 0.2) is 0 Å². The maximum Gasteiger partial charge on any atom is 0.410 e. The van der Waals surface area contributed by atoms with Crippen LogP contribution in [-0.4, -0.2) is 40.8 Å². The monoisotopic (exact) mass is 367 g/mol. The zero-order valence-corrected chi connectivity index (χ0v) is 14.3. The number of benzene rings is 1. The van der Waals surface area contributed by atoms with E-state index in [4.69, 9.17) is 4.74 Å². The van der Waals surface area contributed by atoms with E-state index in [1.165, 1.54) is 4.90 Å². The Labute approximate surface area is 137 Å². The smallest absolute Gasteiger partial charge is 0.410 e. The van der Waals surface area contributed by atoms with Gasteiger partial charge in [0.1, 0.15) is 5.60 Å². The van der Waals surface area contributed by atoms with Crippen molar-refractivity contribution < 1.29 is 19.4 Å². The van der Waals surface area contributed by atoms with Gasteiger partial charge in [0, 0.05) is 4.47 Å². The number of aliphatic carboxylic acids is 1. The minimum atomic E-state index is -1.02. The number of halogens is 1. The van der Waals surface area contributed by atoms with Crippen LogP contribution < -0.4 is 0 Å². The van der Waals surface area contributed by atoms with Crippen molar-refractivity contribution in [2.45, 2.75) is 26.4 Å². The molecular weight excluding hydrogens is 350 g/mol. The van der Waals surface area contributed by atoms with Gasteiger partial charge in [-0.3, -0.25) is 4.90 Å². The minimum absolute atomic E-state index is 0.0426. The number of amides is 1. The van der Waals surface area contributed by atoms with Crippen LogP contribution in [0.1, 0.15) is 26.3 Å². The van der Waals surface area contributed by atoms with Gasteiger partial charge < -0.3 is 9.84 Å². The first kappa shape index (κ1) is 16.5. The highest BCUT2D eigenvalue weighted by Gasteiger charge is 2.33. The number of nitrogens with zero attached hydrogens (tertiary/aromatic N) is 1. The van der Waals surface area contributed by atoms with Gasteiger partial charge in [-0.25, -0.2) is 9.59 Å². The van der Waals surface area contributed by atoms with Gasteiger partial charge in [0.05, 0.1) is 18.7 Å². The Morgan fingerprint density at radius 3 is 2.41 bits per heavy atom. The summed E-state index contributed by atoms with van der Waals surface area (Å²) < 4.78 is 6.12. The van der Waals surface area contributed by atoms with Crippen LogP contribution in [-0.2, 0) is 9.53 Å². The fourth-order valence-electron chi connectivity index (χ4n) is 2.23. The van der Waals surface area contributed by atoms with Crippen LogP contribution in [0.2, 0.25) is 0 Å². The third-order valence-electron chi connectivity index (χ3n) is 3.17. The van der Waals surface area contributed by atoms with Crippen molar-refractivity contribution in [3.05, 3.63) is 39.9 Å². The van der Waals surface area contributed by atoms with Crippen LogP contribution in [0, 0.1) is 0 Å². The standard InChI is InChI=1S/C16H18BrNO4/c1-16(2,3)22-15(21)18-8-11(12(9-18)14(19)20)10-6-4-5-7-13(10)17/h4-7H,8-9H2,1-3H3,(H,19,20). The number of rotatable bonds is 2. The van der Waals surface area contributed by atoms with Crippen LogP contribution >= 0.6 is 15.9 Å². The molecule has 0 radical (unpaired) electrons. The Morgan fingerprint density at radius 2 is 1.86 bits per heavy atom. The molecule has 1 aliphatic heterocycles. The van der Waals surface area contributed by atoms with E-state index in [1.54, 1.807) is 20.8 Å². The van der Waals surface area contributed by atoms with Crippen LogP contribution in [0.4, 0.5) is 4.79 Å². The zero-order valence-electron chi connectivity index (χ0n) is 12.7. The number of hydrogen-bond acceptors (Lipinski definition) is 3. The topological polar surface area (TPSA) is 66.8 Å². The van der Waals surface area contributed by atoms with Crippen molar-refractivity contribution in [3.8, 4) is 0 Å². The summed E-state index contributed by atoms with van der Waals surface area (Å²) in [4.78, 5) is 25.1. The summed E-state index contributed by atoms with van der Waals surface area (Å²) in [6, 6.07) is 7.37. The molecule has 0 aromatic heterocycles. The highest BCUT2D eigenvalue weighted by molar-refractivity contribution is 9.10. The normalized spacial score (nSPS) is 15.2. The molecule has 0 atom stereocenters. The highest BCUT2D eigenvalue weighted by Crippen LogP contribution is 2.32. The largest absolute Gasteiger partial charge is 0.478 e. The molecule has 1 aromatic rings. The molecule has 0 fully saturated rings. The second-order valence-corrected chi connectivity index (χ2v) is 6.93. The van der Waals surface area contributed by atoms with E-state index < -0.39 is 17.7 Å². The van der Waals surface area contributed by atoms with Gasteiger partial charge >= 0.3 is 12.1 Å². The molecule has 0 saturated heterocycles. The van der Waals surface area contributed by atoms with Crippen LogP contribution in [0.5, 0.6) is 0 Å². The summed E-state index contributed by atoms with van der Waals surface area (Å²) in [5, 5.41) is 9.42. The quantitative estimate of drug-likeness (QED) is 0.867. The molecule has 2 rings (SSSR count). The first-order valence-corrected chi connectivity index (χ1v) is 7.66. The fraction of sp³-hybridized carbons (Fsp3) is 0.375. The molecule has 0 spiro atoms. The van der Waals surface area contributed by atoms with Gasteiger partial charge in [-0.2, -0.15) is 0 Å². The highest BCUT2D eigenvalue weighted by atomic mass is 79.9. The van der Waals surface area contributed by atoms with Crippen molar-refractivity contribution in [2.24, 2.45) is 0 Å². The molecule has 1 heterocycles. The van der Waals surface area contributed by atoms with Gasteiger partial charge in [-0.05, 0) is 38.0 Å². The summed E-state index contributed by atoms with van der Waals surface area (Å²) >= 11 is 3.43. The molecule has 1 aromatic carbocycles. The van der Waals surface area contributed by atoms with Crippen molar-refractivity contribution in [2.75, 3.05) is 13.1 Å². The van der Waals surface area contributed by atoms with E-state index in [-0.39, 0.29) is 18.7 Å². The lowest BCUT2D eigenvalue weighted by molar-refractivity contribution is -0.132. The first-order valence-electron chi connectivity index (χ1n) is 6.87. The molecule has 0 aliphatic carbocycles. The molecule has 22 heavy (non-hydrogen) atoms. The summed E-state index contributed by atoms with van der Waals surface area (Å²) in [6.45, 7) is 5.60. The SMILES string of the molecule is CC(C)(C)OC(=O)N1CC(C(=O)O)=C(c2ccccc2Br)C1. The van der Waals surface area contributed by atoms with E-state index in [0.717, 1.165) is 10.0 Å². The Morgan fingerprint density at radius 1 is 1.23 bits per heavy atom. The average molecular weight is 368 g/mol. The number of carbonyl (C=O) groups is 2. The summed E-state index contributed by atoms with van der Waals surface area (Å²) in [5.74, 6) is -1.02. The lowest BCUT2D eigenvalue weighted by Crippen LogP contribution is -2.36. The van der Waals surface area contributed by atoms with E-state index >= 15 is 0 Å². The molecular formula is C16H18BrNO4. The van der Waals surface area contributed by atoms with Crippen molar-refractivity contribution >= 4 is 33.6 Å². The predicted octanol–water partition coefficient (Wildman–Crippen LogP) is 3.54. The van der Waals surface area contributed by atoms with Gasteiger partial charge in [-0.1, -0.05) is 34.1 Å². The molecule has 0 bridgehead atoms. The van der Waals surface area contributed by atoms with Crippen LogP contribution in [0.25, 0.3) is 5.57 Å². The summed E-state index contributed by atoms with van der Waals surface area (Å²) in [5.41, 5.74) is 1.02. The molecule has 1 N–H and O–H groups in total. The fourth-order valence-corrected chi connectivity index (χ4v) is 2.76. The van der Waals surface area contributed by atoms with Gasteiger partial charge in [0.2, 0.25) is 0 Å². The van der Waals surface area contributed by atoms with Crippen LogP contribution in [0.15, 0.2) is 34.3 Å². The van der Waals surface area contributed by atoms with Crippen LogP contribution in [0.3, 0.4) is 0 Å². The summed E-state index contributed by atoms with van der Waals surface area (Å²) in [7, 11) is 0. The molecule has 1 amide bonds. The Hall–Kier alpha value is -1.82. The second kappa shape index (κ2) is 6.12. The number of ether oxygens (including phenoxy) is 1. The maximum absolute atomic E-state index is 12.2. The average Bonchev–Trinajstić information content (AvgIpc) is 2.82.